The standard InChI is InChI=1S/C19H17F3N4O2S/c20-19(21,22)15-3-1-2-13(10-15)18(27)26-7-5-25(6-8-26)11-16-23-17(28-24-16)14-4-9-29-12-14/h1-4,9-10,12H,5-8,11H2. The van der Waals surface area contributed by atoms with Crippen LogP contribution in [0.2, 0.25) is 0 Å². The van der Waals surface area contributed by atoms with E-state index in [2.05, 4.69) is 15.0 Å². The molecular formula is C19H17F3N4O2S. The fourth-order valence-corrected chi connectivity index (χ4v) is 3.77. The van der Waals surface area contributed by atoms with Crippen LogP contribution in [0, 0.1) is 0 Å². The highest BCUT2D eigenvalue weighted by molar-refractivity contribution is 7.08. The van der Waals surface area contributed by atoms with Gasteiger partial charge < -0.3 is 9.42 Å². The molecule has 3 aromatic rings. The van der Waals surface area contributed by atoms with Gasteiger partial charge in [-0.3, -0.25) is 9.69 Å². The summed E-state index contributed by atoms with van der Waals surface area (Å²) >= 11 is 1.54. The summed E-state index contributed by atoms with van der Waals surface area (Å²) in [6.07, 6.45) is -4.47. The third kappa shape index (κ3) is 4.48. The topological polar surface area (TPSA) is 62.5 Å². The summed E-state index contributed by atoms with van der Waals surface area (Å²) in [5, 5.41) is 7.85. The summed E-state index contributed by atoms with van der Waals surface area (Å²) in [6.45, 7) is 2.48. The number of hydrogen-bond donors (Lipinski definition) is 0. The molecule has 29 heavy (non-hydrogen) atoms. The summed E-state index contributed by atoms with van der Waals surface area (Å²) in [5.41, 5.74) is 0.109. The molecule has 2 aromatic heterocycles. The quantitative estimate of drug-likeness (QED) is 0.641. The van der Waals surface area contributed by atoms with Crippen LogP contribution >= 0.6 is 11.3 Å². The maximum atomic E-state index is 12.9. The van der Waals surface area contributed by atoms with E-state index >= 15 is 0 Å². The Morgan fingerprint density at radius 3 is 2.66 bits per heavy atom. The molecule has 0 radical (unpaired) electrons. The van der Waals surface area contributed by atoms with Gasteiger partial charge in [0.25, 0.3) is 11.8 Å². The summed E-state index contributed by atoms with van der Waals surface area (Å²) in [4.78, 5) is 20.6. The second kappa shape index (κ2) is 7.96. The summed E-state index contributed by atoms with van der Waals surface area (Å²) < 4.78 is 43.9. The number of benzene rings is 1. The summed E-state index contributed by atoms with van der Waals surface area (Å²) in [5.74, 6) is 0.638. The number of piperazine rings is 1. The number of alkyl halides is 3. The van der Waals surface area contributed by atoms with Crippen LogP contribution in [0.15, 0.2) is 45.6 Å². The lowest BCUT2D eigenvalue weighted by Crippen LogP contribution is -2.48. The molecule has 0 unspecified atom stereocenters. The van der Waals surface area contributed by atoms with Gasteiger partial charge in [-0.15, -0.1) is 0 Å². The SMILES string of the molecule is O=C(c1cccc(C(F)(F)F)c1)N1CCN(Cc2noc(-c3ccsc3)n2)CC1. The second-order valence-electron chi connectivity index (χ2n) is 6.67. The monoisotopic (exact) mass is 422 g/mol. The minimum absolute atomic E-state index is 0.0480. The molecule has 0 saturated carbocycles. The maximum Gasteiger partial charge on any atom is 0.416 e. The van der Waals surface area contributed by atoms with Crippen LogP contribution in [-0.4, -0.2) is 52.0 Å². The van der Waals surface area contributed by atoms with E-state index in [0.717, 1.165) is 17.7 Å². The minimum atomic E-state index is -4.47. The predicted octanol–water partition coefficient (Wildman–Crippen LogP) is 3.77. The van der Waals surface area contributed by atoms with E-state index in [1.165, 1.54) is 12.1 Å². The van der Waals surface area contributed by atoms with Gasteiger partial charge in [-0.05, 0) is 29.6 Å². The Bertz CT molecular complexity index is 980. The first-order valence-corrected chi connectivity index (χ1v) is 9.88. The van der Waals surface area contributed by atoms with E-state index in [0.29, 0.717) is 44.4 Å². The van der Waals surface area contributed by atoms with Gasteiger partial charge >= 0.3 is 6.18 Å². The molecule has 0 bridgehead atoms. The van der Waals surface area contributed by atoms with E-state index in [1.54, 1.807) is 16.2 Å². The molecule has 0 spiro atoms. The van der Waals surface area contributed by atoms with E-state index in [1.807, 2.05) is 16.8 Å². The van der Waals surface area contributed by atoms with Crippen molar-refractivity contribution in [1.82, 2.24) is 19.9 Å². The van der Waals surface area contributed by atoms with Crippen molar-refractivity contribution in [2.75, 3.05) is 26.2 Å². The highest BCUT2D eigenvalue weighted by Gasteiger charge is 2.31. The maximum absolute atomic E-state index is 12.9. The van der Waals surface area contributed by atoms with Crippen LogP contribution in [0.1, 0.15) is 21.7 Å². The Labute approximate surface area is 168 Å². The average Bonchev–Trinajstić information content (AvgIpc) is 3.39. The predicted molar refractivity (Wildman–Crippen MR) is 100 cm³/mol. The average molecular weight is 422 g/mol. The molecule has 1 aliphatic rings. The van der Waals surface area contributed by atoms with E-state index in [4.69, 9.17) is 4.52 Å². The molecule has 1 aromatic carbocycles. The van der Waals surface area contributed by atoms with Crippen LogP contribution in [0.5, 0.6) is 0 Å². The normalized spacial score (nSPS) is 15.6. The van der Waals surface area contributed by atoms with Crippen LogP contribution in [0.3, 0.4) is 0 Å². The van der Waals surface area contributed by atoms with E-state index in [-0.39, 0.29) is 5.56 Å². The molecule has 0 N–H and O–H groups in total. The molecule has 1 aliphatic heterocycles. The number of thiophene rings is 1. The van der Waals surface area contributed by atoms with Gasteiger partial charge in [0.2, 0.25) is 0 Å². The number of aromatic nitrogens is 2. The molecule has 1 saturated heterocycles. The van der Waals surface area contributed by atoms with Crippen molar-refractivity contribution in [3.05, 3.63) is 58.0 Å². The van der Waals surface area contributed by atoms with Gasteiger partial charge in [-0.1, -0.05) is 11.2 Å². The van der Waals surface area contributed by atoms with Gasteiger partial charge in [-0.25, -0.2) is 0 Å². The number of amides is 1. The van der Waals surface area contributed by atoms with Crippen molar-refractivity contribution >= 4 is 17.2 Å². The highest BCUT2D eigenvalue weighted by Crippen LogP contribution is 2.30. The molecule has 152 valence electrons. The van der Waals surface area contributed by atoms with Crippen molar-refractivity contribution in [2.45, 2.75) is 12.7 Å². The zero-order chi connectivity index (χ0) is 20.4. The Kier molecular flexibility index (Phi) is 5.37. The van der Waals surface area contributed by atoms with E-state index < -0.39 is 17.6 Å². The molecule has 6 nitrogen and oxygen atoms in total. The molecule has 1 fully saturated rings. The summed E-state index contributed by atoms with van der Waals surface area (Å²) in [7, 11) is 0. The first-order chi connectivity index (χ1) is 13.9. The van der Waals surface area contributed by atoms with Crippen LogP contribution < -0.4 is 0 Å². The fourth-order valence-electron chi connectivity index (χ4n) is 3.14. The Morgan fingerprint density at radius 2 is 1.97 bits per heavy atom. The zero-order valence-corrected chi connectivity index (χ0v) is 16.0. The molecule has 1 amide bonds. The lowest BCUT2D eigenvalue weighted by molar-refractivity contribution is -0.137. The van der Waals surface area contributed by atoms with Crippen molar-refractivity contribution in [3.8, 4) is 11.5 Å². The van der Waals surface area contributed by atoms with Gasteiger partial charge in [0.15, 0.2) is 5.82 Å². The van der Waals surface area contributed by atoms with Crippen LogP contribution in [0.4, 0.5) is 13.2 Å². The van der Waals surface area contributed by atoms with Gasteiger partial charge in [0.05, 0.1) is 17.7 Å². The highest BCUT2D eigenvalue weighted by atomic mass is 32.1. The van der Waals surface area contributed by atoms with Crippen LogP contribution in [0.25, 0.3) is 11.5 Å². The van der Waals surface area contributed by atoms with Gasteiger partial charge in [0, 0.05) is 37.1 Å². The van der Waals surface area contributed by atoms with Crippen molar-refractivity contribution in [1.29, 1.82) is 0 Å². The van der Waals surface area contributed by atoms with Gasteiger partial charge in [0.1, 0.15) is 0 Å². The molecule has 10 heteroatoms. The van der Waals surface area contributed by atoms with Crippen LogP contribution in [-0.2, 0) is 12.7 Å². The molecule has 0 atom stereocenters. The molecule has 4 rings (SSSR count). The number of nitrogens with zero attached hydrogens (tertiary/aromatic N) is 4. The third-order valence-electron chi connectivity index (χ3n) is 4.70. The lowest BCUT2D eigenvalue weighted by atomic mass is 10.1. The second-order valence-corrected chi connectivity index (χ2v) is 7.45. The Morgan fingerprint density at radius 1 is 1.17 bits per heavy atom. The van der Waals surface area contributed by atoms with E-state index in [9.17, 15) is 18.0 Å². The molecule has 0 aliphatic carbocycles. The van der Waals surface area contributed by atoms with Crippen molar-refractivity contribution in [3.63, 3.8) is 0 Å². The van der Waals surface area contributed by atoms with Gasteiger partial charge in [-0.2, -0.15) is 29.5 Å². The first kappa shape index (κ1) is 19.6. The smallest absolute Gasteiger partial charge is 0.336 e. The third-order valence-corrected chi connectivity index (χ3v) is 5.38. The zero-order valence-electron chi connectivity index (χ0n) is 15.2. The number of carbonyl (C=O) groups excluding carboxylic acids is 1. The lowest BCUT2D eigenvalue weighted by Gasteiger charge is -2.34. The summed E-state index contributed by atoms with van der Waals surface area (Å²) in [6, 6.07) is 6.44. The Hall–Kier alpha value is -2.72. The largest absolute Gasteiger partial charge is 0.416 e. The molecular weight excluding hydrogens is 405 g/mol. The Balaban J connectivity index is 1.34. The number of halogens is 3. The number of rotatable bonds is 4. The first-order valence-electron chi connectivity index (χ1n) is 8.94. The minimum Gasteiger partial charge on any atom is -0.336 e. The van der Waals surface area contributed by atoms with Crippen molar-refractivity contribution in [2.24, 2.45) is 0 Å². The fraction of sp³-hybridized carbons (Fsp3) is 0.316. The number of hydrogen-bond acceptors (Lipinski definition) is 6. The number of carbonyl (C=O) groups is 1. The molecule has 3 heterocycles. The van der Waals surface area contributed by atoms with Crippen molar-refractivity contribution < 1.29 is 22.5 Å².